The largest absolute Gasteiger partial charge is 0.356 e. The van der Waals surface area contributed by atoms with Crippen molar-refractivity contribution >= 4 is 28.9 Å². The van der Waals surface area contributed by atoms with Gasteiger partial charge in [0.25, 0.3) is 0 Å². The second-order valence-corrected chi connectivity index (χ2v) is 7.05. The van der Waals surface area contributed by atoms with Gasteiger partial charge in [-0.25, -0.2) is 4.98 Å². The van der Waals surface area contributed by atoms with Gasteiger partial charge in [0.1, 0.15) is 0 Å². The Morgan fingerprint density at radius 1 is 1.52 bits per heavy atom. The minimum absolute atomic E-state index is 0.750. The second-order valence-electron chi connectivity index (χ2n) is 5.41. The molecule has 0 saturated carbocycles. The Bertz CT molecular complexity index is 661. The van der Waals surface area contributed by atoms with Crippen LogP contribution in [-0.4, -0.2) is 41.1 Å². The number of aryl methyl sites for hydroxylation is 2. The van der Waals surface area contributed by atoms with Crippen LogP contribution in [0.4, 0.5) is 0 Å². The van der Waals surface area contributed by atoms with Gasteiger partial charge in [-0.2, -0.15) is 0 Å². The van der Waals surface area contributed by atoms with Crippen molar-refractivity contribution < 1.29 is 0 Å². The van der Waals surface area contributed by atoms with E-state index < -0.39 is 0 Å². The van der Waals surface area contributed by atoms with Crippen LogP contribution in [0.15, 0.2) is 23.5 Å². The average molecular weight is 354 g/mol. The lowest BCUT2D eigenvalue weighted by molar-refractivity contribution is 0.462. The number of hydrogen-bond acceptors (Lipinski definition) is 3. The molecule has 0 bridgehead atoms. The fourth-order valence-corrected chi connectivity index (χ4v) is 3.47. The van der Waals surface area contributed by atoms with E-state index in [-0.39, 0.29) is 0 Å². The molecule has 0 fully saturated rings. The smallest absolute Gasteiger partial charge is 0.193 e. The Kier molecular flexibility index (Phi) is 6.47. The topological polar surface area (TPSA) is 45.5 Å². The summed E-state index contributed by atoms with van der Waals surface area (Å²) in [6.45, 7) is 3.73. The molecule has 0 aliphatic carbocycles. The lowest BCUT2D eigenvalue weighted by atomic mass is 10.4. The molecule has 23 heavy (non-hydrogen) atoms. The highest BCUT2D eigenvalue weighted by atomic mass is 35.5. The van der Waals surface area contributed by atoms with Crippen LogP contribution < -0.4 is 5.32 Å². The van der Waals surface area contributed by atoms with E-state index in [1.54, 1.807) is 18.4 Å². The molecule has 0 aliphatic rings. The number of aromatic nitrogens is 2. The van der Waals surface area contributed by atoms with Gasteiger partial charge in [-0.15, -0.1) is 11.3 Å². The van der Waals surface area contributed by atoms with Crippen molar-refractivity contribution in [2.75, 3.05) is 20.6 Å². The standard InChI is InChI=1S/C16H24ClN5S/c1-5-14-9-20-15(23-14)6-7-19-16(18-2)22(4)11-13-8-12(17)10-21(13)3/h8-10H,5-7,11H2,1-4H3,(H,18,19). The number of rotatable bonds is 6. The van der Waals surface area contributed by atoms with Crippen LogP contribution in [0.25, 0.3) is 0 Å². The molecular formula is C16H24ClN5S. The van der Waals surface area contributed by atoms with Crippen LogP contribution in [0.2, 0.25) is 5.02 Å². The van der Waals surface area contributed by atoms with E-state index in [0.717, 1.165) is 42.6 Å². The van der Waals surface area contributed by atoms with Gasteiger partial charge in [0.15, 0.2) is 5.96 Å². The highest BCUT2D eigenvalue weighted by Crippen LogP contribution is 2.15. The van der Waals surface area contributed by atoms with Gasteiger partial charge in [0, 0.05) is 57.1 Å². The molecule has 0 amide bonds. The van der Waals surface area contributed by atoms with Gasteiger partial charge in [-0.1, -0.05) is 18.5 Å². The first-order chi connectivity index (χ1) is 11.0. The van der Waals surface area contributed by atoms with Gasteiger partial charge in [-0.05, 0) is 12.5 Å². The summed E-state index contributed by atoms with van der Waals surface area (Å²) >= 11 is 7.82. The van der Waals surface area contributed by atoms with Crippen molar-refractivity contribution in [3.05, 3.63) is 39.1 Å². The molecule has 7 heteroatoms. The second kappa shape index (κ2) is 8.36. The molecule has 0 saturated heterocycles. The number of guanidine groups is 1. The zero-order valence-electron chi connectivity index (χ0n) is 14.1. The lowest BCUT2D eigenvalue weighted by Gasteiger charge is -2.22. The molecular weight excluding hydrogens is 330 g/mol. The number of aliphatic imine (C=N–C) groups is 1. The van der Waals surface area contributed by atoms with Crippen LogP contribution >= 0.6 is 22.9 Å². The molecule has 2 aromatic heterocycles. The molecule has 2 heterocycles. The van der Waals surface area contributed by atoms with E-state index in [0.29, 0.717) is 0 Å². The first-order valence-corrected chi connectivity index (χ1v) is 8.89. The van der Waals surface area contributed by atoms with E-state index >= 15 is 0 Å². The predicted molar refractivity (Wildman–Crippen MR) is 98.4 cm³/mol. The Morgan fingerprint density at radius 2 is 2.30 bits per heavy atom. The molecule has 2 aromatic rings. The highest BCUT2D eigenvalue weighted by molar-refractivity contribution is 7.11. The van der Waals surface area contributed by atoms with E-state index in [1.807, 2.05) is 37.1 Å². The Morgan fingerprint density at radius 3 is 2.87 bits per heavy atom. The van der Waals surface area contributed by atoms with Crippen molar-refractivity contribution in [1.29, 1.82) is 0 Å². The molecule has 0 unspecified atom stereocenters. The van der Waals surface area contributed by atoms with Crippen molar-refractivity contribution in [3.63, 3.8) is 0 Å². The normalized spacial score (nSPS) is 11.8. The van der Waals surface area contributed by atoms with Crippen LogP contribution in [0, 0.1) is 0 Å². The van der Waals surface area contributed by atoms with E-state index in [2.05, 4.69) is 27.1 Å². The van der Waals surface area contributed by atoms with Crippen LogP contribution in [-0.2, 0) is 26.4 Å². The first-order valence-electron chi connectivity index (χ1n) is 7.69. The summed E-state index contributed by atoms with van der Waals surface area (Å²) in [5, 5.41) is 5.32. The van der Waals surface area contributed by atoms with Crippen molar-refractivity contribution in [1.82, 2.24) is 19.8 Å². The maximum Gasteiger partial charge on any atom is 0.193 e. The zero-order valence-corrected chi connectivity index (χ0v) is 15.7. The number of nitrogens with one attached hydrogen (secondary N) is 1. The summed E-state index contributed by atoms with van der Waals surface area (Å²) < 4.78 is 2.04. The van der Waals surface area contributed by atoms with E-state index in [1.165, 1.54) is 9.88 Å². The molecule has 0 aromatic carbocycles. The fourth-order valence-electron chi connectivity index (χ4n) is 2.33. The molecule has 2 rings (SSSR count). The van der Waals surface area contributed by atoms with Crippen LogP contribution in [0.3, 0.4) is 0 Å². The summed E-state index contributed by atoms with van der Waals surface area (Å²) in [6.07, 6.45) is 5.84. The van der Waals surface area contributed by atoms with Crippen molar-refractivity contribution in [2.45, 2.75) is 26.3 Å². The summed E-state index contributed by atoms with van der Waals surface area (Å²) in [5.41, 5.74) is 1.15. The Hall–Kier alpha value is -1.53. The number of nitrogens with zero attached hydrogens (tertiary/aromatic N) is 4. The molecule has 126 valence electrons. The SMILES string of the molecule is CCc1cnc(CCNC(=NC)N(C)Cc2cc(Cl)cn2C)s1. The average Bonchev–Trinajstić information content (AvgIpc) is 3.10. The van der Waals surface area contributed by atoms with Gasteiger partial charge >= 0.3 is 0 Å². The van der Waals surface area contributed by atoms with Gasteiger partial charge in [-0.3, -0.25) is 4.99 Å². The Labute approximate surface area is 147 Å². The minimum Gasteiger partial charge on any atom is -0.356 e. The third-order valence-electron chi connectivity index (χ3n) is 3.62. The molecule has 5 nitrogen and oxygen atoms in total. The molecule has 0 atom stereocenters. The maximum atomic E-state index is 6.04. The summed E-state index contributed by atoms with van der Waals surface area (Å²) in [4.78, 5) is 12.2. The third-order valence-corrected chi connectivity index (χ3v) is 5.03. The zero-order chi connectivity index (χ0) is 16.8. The van der Waals surface area contributed by atoms with Gasteiger partial charge in [0.05, 0.1) is 16.6 Å². The third kappa shape index (κ3) is 4.97. The lowest BCUT2D eigenvalue weighted by Crippen LogP contribution is -2.39. The monoisotopic (exact) mass is 353 g/mol. The summed E-state index contributed by atoms with van der Waals surface area (Å²) in [6, 6.07) is 1.98. The minimum atomic E-state index is 0.750. The van der Waals surface area contributed by atoms with Gasteiger partial charge < -0.3 is 14.8 Å². The van der Waals surface area contributed by atoms with E-state index in [9.17, 15) is 0 Å². The van der Waals surface area contributed by atoms with E-state index in [4.69, 9.17) is 11.6 Å². The predicted octanol–water partition coefficient (Wildman–Crippen LogP) is 2.95. The quantitative estimate of drug-likeness (QED) is 0.641. The fraction of sp³-hybridized carbons (Fsp3) is 0.500. The van der Waals surface area contributed by atoms with Crippen LogP contribution in [0.1, 0.15) is 22.5 Å². The Balaban J connectivity index is 1.85. The first kappa shape index (κ1) is 17.8. The molecule has 1 N–H and O–H groups in total. The molecule has 0 aliphatic heterocycles. The highest BCUT2D eigenvalue weighted by Gasteiger charge is 2.10. The maximum absolute atomic E-state index is 6.04. The number of halogens is 1. The van der Waals surface area contributed by atoms with Crippen molar-refractivity contribution in [2.24, 2.45) is 12.0 Å². The molecule has 0 spiro atoms. The van der Waals surface area contributed by atoms with Crippen LogP contribution in [0.5, 0.6) is 0 Å². The van der Waals surface area contributed by atoms with Gasteiger partial charge in [0.2, 0.25) is 0 Å². The summed E-state index contributed by atoms with van der Waals surface area (Å²) in [5.74, 6) is 0.870. The number of hydrogen-bond donors (Lipinski definition) is 1. The summed E-state index contributed by atoms with van der Waals surface area (Å²) in [7, 11) is 5.82. The molecule has 0 radical (unpaired) electrons. The van der Waals surface area contributed by atoms with Crippen molar-refractivity contribution in [3.8, 4) is 0 Å². The number of thiazole rings is 1.